The van der Waals surface area contributed by atoms with Crippen molar-refractivity contribution in [1.82, 2.24) is 4.98 Å². The second kappa shape index (κ2) is 3.86. The molecule has 1 heterocycles. The fourth-order valence-electron chi connectivity index (χ4n) is 1.74. The van der Waals surface area contributed by atoms with Gasteiger partial charge in [-0.3, -0.25) is 0 Å². The van der Waals surface area contributed by atoms with Gasteiger partial charge in [0, 0.05) is 11.4 Å². The molecule has 0 radical (unpaired) electrons. The molecule has 1 aromatic carbocycles. The Morgan fingerprint density at radius 3 is 2.38 bits per heavy atom. The maximum atomic E-state index is 8.91. The van der Waals surface area contributed by atoms with Crippen molar-refractivity contribution in [3.63, 3.8) is 0 Å². The highest BCUT2D eigenvalue weighted by molar-refractivity contribution is 5.64. The molecule has 2 nitrogen and oxygen atoms in total. The lowest BCUT2D eigenvalue weighted by atomic mass is 10.0. The Morgan fingerprint density at radius 2 is 1.81 bits per heavy atom. The molecule has 1 aromatic heterocycles. The van der Waals surface area contributed by atoms with Gasteiger partial charge in [-0.05, 0) is 49.6 Å². The fourth-order valence-corrected chi connectivity index (χ4v) is 1.74. The Morgan fingerprint density at radius 1 is 1.06 bits per heavy atom. The minimum absolute atomic E-state index is 0.716. The highest BCUT2D eigenvalue weighted by atomic mass is 14.7. The quantitative estimate of drug-likeness (QED) is 0.769. The zero-order chi connectivity index (χ0) is 11.7. The van der Waals surface area contributed by atoms with Gasteiger partial charge in [0.05, 0.1) is 5.56 Å². The normalized spacial score (nSPS) is 10.1. The smallest absolute Gasteiger partial charge is 0.101 e. The summed E-state index contributed by atoms with van der Waals surface area (Å²) in [5.74, 6) is 0. The number of H-pyrrole nitrogens is 1. The number of hydrogen-bond acceptors (Lipinski definition) is 1. The van der Waals surface area contributed by atoms with Gasteiger partial charge in [-0.15, -0.1) is 0 Å². The minimum Gasteiger partial charge on any atom is -0.358 e. The van der Waals surface area contributed by atoms with E-state index in [-0.39, 0.29) is 0 Å². The predicted molar refractivity (Wildman–Crippen MR) is 65.2 cm³/mol. The Kier molecular flexibility index (Phi) is 2.54. The molecule has 0 unspecified atom stereocenters. The van der Waals surface area contributed by atoms with Crippen molar-refractivity contribution in [2.24, 2.45) is 0 Å². The number of aryl methyl sites for hydroxylation is 3. The molecule has 1 N–H and O–H groups in total. The molecule has 0 bridgehead atoms. The van der Waals surface area contributed by atoms with Gasteiger partial charge in [-0.2, -0.15) is 5.26 Å². The molecule has 0 saturated carbocycles. The van der Waals surface area contributed by atoms with E-state index in [1.165, 1.54) is 11.1 Å². The van der Waals surface area contributed by atoms with Gasteiger partial charge in [-0.1, -0.05) is 12.1 Å². The monoisotopic (exact) mass is 210 g/mol. The molecule has 16 heavy (non-hydrogen) atoms. The van der Waals surface area contributed by atoms with Crippen LogP contribution in [0.15, 0.2) is 24.3 Å². The molecule has 80 valence electrons. The van der Waals surface area contributed by atoms with Crippen LogP contribution in [0.25, 0.3) is 11.3 Å². The van der Waals surface area contributed by atoms with E-state index >= 15 is 0 Å². The van der Waals surface area contributed by atoms with E-state index in [1.807, 2.05) is 13.0 Å². The van der Waals surface area contributed by atoms with Crippen LogP contribution in [-0.4, -0.2) is 4.98 Å². The summed E-state index contributed by atoms with van der Waals surface area (Å²) in [6.45, 7) is 6.11. The minimum atomic E-state index is 0.716. The molecule has 0 aliphatic carbocycles. The zero-order valence-electron chi connectivity index (χ0n) is 9.76. The maximum absolute atomic E-state index is 8.91. The second-order valence-corrected chi connectivity index (χ2v) is 4.13. The molecule has 2 aromatic rings. The first-order valence-electron chi connectivity index (χ1n) is 5.29. The summed E-state index contributed by atoms with van der Waals surface area (Å²) in [7, 11) is 0. The first-order chi connectivity index (χ1) is 7.61. The molecule has 0 amide bonds. The summed E-state index contributed by atoms with van der Waals surface area (Å²) in [6.07, 6.45) is 0. The van der Waals surface area contributed by atoms with E-state index in [0.717, 1.165) is 17.0 Å². The molecule has 0 spiro atoms. The standard InChI is InChI=1S/C14H14N2/c1-9-4-5-12(6-10(9)2)14-7-13(8-15)11(3)16-14/h4-7,16H,1-3H3. The van der Waals surface area contributed by atoms with E-state index in [2.05, 4.69) is 43.1 Å². The summed E-state index contributed by atoms with van der Waals surface area (Å²) in [6, 6.07) is 10.4. The van der Waals surface area contributed by atoms with Gasteiger partial charge in [0.1, 0.15) is 6.07 Å². The van der Waals surface area contributed by atoms with Crippen LogP contribution in [0.2, 0.25) is 0 Å². The lowest BCUT2D eigenvalue weighted by Crippen LogP contribution is -1.83. The Hall–Kier alpha value is -2.01. The average molecular weight is 210 g/mol. The number of nitrogens with zero attached hydrogens (tertiary/aromatic N) is 1. The van der Waals surface area contributed by atoms with Crippen molar-refractivity contribution in [2.75, 3.05) is 0 Å². The third kappa shape index (κ3) is 1.72. The highest BCUT2D eigenvalue weighted by Crippen LogP contribution is 2.23. The van der Waals surface area contributed by atoms with Crippen LogP contribution < -0.4 is 0 Å². The molecule has 0 aliphatic heterocycles. The van der Waals surface area contributed by atoms with Crippen LogP contribution in [0, 0.1) is 32.1 Å². The molecule has 2 heteroatoms. The summed E-state index contributed by atoms with van der Waals surface area (Å²) >= 11 is 0. The first kappa shape index (κ1) is 10.5. The summed E-state index contributed by atoms with van der Waals surface area (Å²) < 4.78 is 0. The van der Waals surface area contributed by atoms with Crippen LogP contribution >= 0.6 is 0 Å². The SMILES string of the molecule is Cc1ccc(-c2cc(C#N)c(C)[nH]2)cc1C. The van der Waals surface area contributed by atoms with Gasteiger partial charge in [0.25, 0.3) is 0 Å². The molecule has 0 fully saturated rings. The Labute approximate surface area is 95.6 Å². The molecule has 0 saturated heterocycles. The van der Waals surface area contributed by atoms with Crippen LogP contribution in [-0.2, 0) is 0 Å². The van der Waals surface area contributed by atoms with Gasteiger partial charge in [-0.25, -0.2) is 0 Å². The molecule has 0 atom stereocenters. The van der Waals surface area contributed by atoms with Crippen molar-refractivity contribution in [1.29, 1.82) is 5.26 Å². The van der Waals surface area contributed by atoms with Gasteiger partial charge >= 0.3 is 0 Å². The maximum Gasteiger partial charge on any atom is 0.101 e. The van der Waals surface area contributed by atoms with E-state index in [0.29, 0.717) is 5.56 Å². The van der Waals surface area contributed by atoms with Gasteiger partial charge in [0.15, 0.2) is 0 Å². The van der Waals surface area contributed by atoms with Gasteiger partial charge in [0.2, 0.25) is 0 Å². The van der Waals surface area contributed by atoms with Crippen LogP contribution in [0.1, 0.15) is 22.4 Å². The van der Waals surface area contributed by atoms with Gasteiger partial charge < -0.3 is 4.98 Å². The van der Waals surface area contributed by atoms with Crippen molar-refractivity contribution < 1.29 is 0 Å². The first-order valence-corrected chi connectivity index (χ1v) is 5.29. The highest BCUT2D eigenvalue weighted by Gasteiger charge is 2.06. The van der Waals surface area contributed by atoms with E-state index in [9.17, 15) is 0 Å². The summed E-state index contributed by atoms with van der Waals surface area (Å²) in [5.41, 5.74) is 6.34. The van der Waals surface area contributed by atoms with Crippen molar-refractivity contribution in [2.45, 2.75) is 20.8 Å². The van der Waals surface area contributed by atoms with E-state index in [1.54, 1.807) is 0 Å². The molecular formula is C14H14N2. The molecule has 2 rings (SSSR count). The number of aromatic nitrogens is 1. The summed E-state index contributed by atoms with van der Waals surface area (Å²) in [5, 5.41) is 8.91. The third-order valence-corrected chi connectivity index (χ3v) is 2.95. The number of hydrogen-bond donors (Lipinski definition) is 1. The molecule has 0 aliphatic rings. The van der Waals surface area contributed by atoms with Crippen LogP contribution in [0.3, 0.4) is 0 Å². The molecular weight excluding hydrogens is 196 g/mol. The number of nitrogens with one attached hydrogen (secondary N) is 1. The summed E-state index contributed by atoms with van der Waals surface area (Å²) in [4.78, 5) is 3.24. The topological polar surface area (TPSA) is 39.6 Å². The van der Waals surface area contributed by atoms with Crippen molar-refractivity contribution >= 4 is 0 Å². The predicted octanol–water partition coefficient (Wildman–Crippen LogP) is 3.48. The van der Waals surface area contributed by atoms with Crippen LogP contribution in [0.4, 0.5) is 0 Å². The van der Waals surface area contributed by atoms with Crippen molar-refractivity contribution in [3.8, 4) is 17.3 Å². The second-order valence-electron chi connectivity index (χ2n) is 4.13. The average Bonchev–Trinajstić information content (AvgIpc) is 2.64. The van der Waals surface area contributed by atoms with E-state index in [4.69, 9.17) is 5.26 Å². The number of rotatable bonds is 1. The zero-order valence-corrected chi connectivity index (χ0v) is 9.76. The third-order valence-electron chi connectivity index (χ3n) is 2.95. The fraction of sp³-hybridized carbons (Fsp3) is 0.214. The number of nitriles is 1. The lowest BCUT2D eigenvalue weighted by molar-refractivity contribution is 1.25. The van der Waals surface area contributed by atoms with Crippen molar-refractivity contribution in [3.05, 3.63) is 46.6 Å². The largest absolute Gasteiger partial charge is 0.358 e. The van der Waals surface area contributed by atoms with E-state index < -0.39 is 0 Å². The number of benzene rings is 1. The number of aromatic amines is 1. The van der Waals surface area contributed by atoms with Crippen LogP contribution in [0.5, 0.6) is 0 Å². The Balaban J connectivity index is 2.51. The Bertz CT molecular complexity index is 571. The lowest BCUT2D eigenvalue weighted by Gasteiger charge is -2.03.